The summed E-state index contributed by atoms with van der Waals surface area (Å²) in [7, 11) is 0. The zero-order chi connectivity index (χ0) is 18.6. The number of nitrogens with one attached hydrogen (secondary N) is 2. The summed E-state index contributed by atoms with van der Waals surface area (Å²) in [5, 5.41) is 2.82. The molecule has 0 unspecified atom stereocenters. The minimum absolute atomic E-state index is 0.156. The lowest BCUT2D eigenvalue weighted by Crippen LogP contribution is -2.30. The summed E-state index contributed by atoms with van der Waals surface area (Å²) in [6.45, 7) is 0.672. The Kier molecular flexibility index (Phi) is 4.49. The molecule has 4 aromatic rings. The number of hydrogen-bond acceptors (Lipinski definition) is 4. The van der Waals surface area contributed by atoms with Gasteiger partial charge in [0.05, 0.1) is 29.4 Å². The second kappa shape index (κ2) is 7.25. The summed E-state index contributed by atoms with van der Waals surface area (Å²) in [4.78, 5) is 36.0. The predicted octanol–water partition coefficient (Wildman–Crippen LogP) is 2.22. The van der Waals surface area contributed by atoms with Crippen LogP contribution in [-0.2, 0) is 6.54 Å². The number of aromatic nitrogens is 4. The van der Waals surface area contributed by atoms with Gasteiger partial charge in [-0.25, -0.2) is 9.97 Å². The molecule has 2 aromatic heterocycles. The van der Waals surface area contributed by atoms with Crippen LogP contribution in [-0.4, -0.2) is 32.0 Å². The van der Waals surface area contributed by atoms with Crippen molar-refractivity contribution in [1.82, 2.24) is 24.8 Å². The van der Waals surface area contributed by atoms with Gasteiger partial charge in [-0.05, 0) is 18.2 Å². The summed E-state index contributed by atoms with van der Waals surface area (Å²) >= 11 is 0. The van der Waals surface area contributed by atoms with E-state index in [1.807, 2.05) is 30.3 Å². The number of nitrogens with zero attached hydrogens (tertiary/aromatic N) is 3. The molecule has 1 amide bonds. The van der Waals surface area contributed by atoms with E-state index in [0.29, 0.717) is 24.3 Å². The summed E-state index contributed by atoms with van der Waals surface area (Å²) in [5.41, 5.74) is 3.52. The molecule has 0 atom stereocenters. The van der Waals surface area contributed by atoms with Crippen molar-refractivity contribution in [1.29, 1.82) is 0 Å². The molecule has 0 aliphatic heterocycles. The number of carbonyl (C=O) groups excluding carboxylic acids is 1. The topological polar surface area (TPSA) is 92.7 Å². The zero-order valence-electron chi connectivity index (χ0n) is 14.4. The molecule has 0 bridgehead atoms. The molecule has 2 N–H and O–H groups in total. The van der Waals surface area contributed by atoms with Gasteiger partial charge >= 0.3 is 0 Å². The van der Waals surface area contributed by atoms with E-state index in [1.54, 1.807) is 24.5 Å². The van der Waals surface area contributed by atoms with Crippen LogP contribution in [0.3, 0.4) is 0 Å². The van der Waals surface area contributed by atoms with E-state index in [2.05, 4.69) is 20.3 Å². The fourth-order valence-electron chi connectivity index (χ4n) is 2.83. The fraction of sp³-hybridized carbons (Fsp3) is 0.100. The molecule has 134 valence electrons. The van der Waals surface area contributed by atoms with E-state index < -0.39 is 0 Å². The van der Waals surface area contributed by atoms with Gasteiger partial charge in [-0.2, -0.15) is 0 Å². The average molecular weight is 359 g/mol. The quantitative estimate of drug-likeness (QED) is 0.571. The highest BCUT2D eigenvalue weighted by atomic mass is 16.1. The Morgan fingerprint density at radius 3 is 2.74 bits per heavy atom. The molecule has 7 heteroatoms. The van der Waals surface area contributed by atoms with Gasteiger partial charge in [0.1, 0.15) is 0 Å². The SMILES string of the molecule is O=C(NCCn1cnc(-c2ccccc2)cc1=O)c1ccc2nc[nH]c2c1. The van der Waals surface area contributed by atoms with E-state index in [0.717, 1.165) is 16.6 Å². The van der Waals surface area contributed by atoms with Gasteiger partial charge in [-0.3, -0.25) is 14.2 Å². The van der Waals surface area contributed by atoms with Gasteiger partial charge in [-0.15, -0.1) is 0 Å². The molecule has 2 heterocycles. The lowest BCUT2D eigenvalue weighted by molar-refractivity contribution is 0.0952. The number of aromatic amines is 1. The number of amides is 1. The van der Waals surface area contributed by atoms with Crippen LogP contribution >= 0.6 is 0 Å². The van der Waals surface area contributed by atoms with Gasteiger partial charge in [0.25, 0.3) is 11.5 Å². The van der Waals surface area contributed by atoms with Crippen LogP contribution in [0.25, 0.3) is 22.3 Å². The van der Waals surface area contributed by atoms with Gasteiger partial charge in [0.2, 0.25) is 0 Å². The smallest absolute Gasteiger partial charge is 0.253 e. The number of benzene rings is 2. The van der Waals surface area contributed by atoms with Crippen LogP contribution in [0.4, 0.5) is 0 Å². The van der Waals surface area contributed by atoms with Crippen LogP contribution < -0.4 is 10.9 Å². The second-order valence-corrected chi connectivity index (χ2v) is 6.06. The minimum atomic E-state index is -0.201. The van der Waals surface area contributed by atoms with Crippen LogP contribution in [0.5, 0.6) is 0 Å². The summed E-state index contributed by atoms with van der Waals surface area (Å²) in [5.74, 6) is -0.201. The van der Waals surface area contributed by atoms with Crippen molar-refractivity contribution < 1.29 is 4.79 Å². The van der Waals surface area contributed by atoms with Crippen LogP contribution in [0.1, 0.15) is 10.4 Å². The van der Waals surface area contributed by atoms with Crippen molar-refractivity contribution in [2.45, 2.75) is 6.54 Å². The van der Waals surface area contributed by atoms with Crippen molar-refractivity contribution in [2.24, 2.45) is 0 Å². The van der Waals surface area contributed by atoms with Crippen molar-refractivity contribution in [3.05, 3.63) is 83.2 Å². The molecule has 0 saturated carbocycles. The number of hydrogen-bond donors (Lipinski definition) is 2. The molecule has 4 rings (SSSR count). The summed E-state index contributed by atoms with van der Waals surface area (Å²) in [6, 6.07) is 16.3. The lowest BCUT2D eigenvalue weighted by Gasteiger charge is -2.08. The number of carbonyl (C=O) groups is 1. The molecule has 0 spiro atoms. The summed E-state index contributed by atoms with van der Waals surface area (Å²) in [6.07, 6.45) is 3.10. The van der Waals surface area contributed by atoms with Gasteiger partial charge in [0, 0.05) is 30.3 Å². The molecule has 7 nitrogen and oxygen atoms in total. The Morgan fingerprint density at radius 2 is 1.93 bits per heavy atom. The molecule has 0 fully saturated rings. The highest BCUT2D eigenvalue weighted by Crippen LogP contribution is 2.13. The first-order valence-electron chi connectivity index (χ1n) is 8.54. The van der Waals surface area contributed by atoms with Crippen molar-refractivity contribution >= 4 is 16.9 Å². The third kappa shape index (κ3) is 3.62. The van der Waals surface area contributed by atoms with E-state index in [1.165, 1.54) is 17.0 Å². The lowest BCUT2D eigenvalue weighted by atomic mass is 10.1. The largest absolute Gasteiger partial charge is 0.350 e. The average Bonchev–Trinajstić information content (AvgIpc) is 3.17. The van der Waals surface area contributed by atoms with Crippen LogP contribution in [0.2, 0.25) is 0 Å². The monoisotopic (exact) mass is 359 g/mol. The first-order valence-corrected chi connectivity index (χ1v) is 8.54. The van der Waals surface area contributed by atoms with Gasteiger partial charge < -0.3 is 10.3 Å². The van der Waals surface area contributed by atoms with E-state index >= 15 is 0 Å². The maximum Gasteiger partial charge on any atom is 0.253 e. The van der Waals surface area contributed by atoms with E-state index in [4.69, 9.17) is 0 Å². The van der Waals surface area contributed by atoms with Crippen LogP contribution in [0.15, 0.2) is 72.0 Å². The normalized spacial score (nSPS) is 10.8. The highest BCUT2D eigenvalue weighted by Gasteiger charge is 2.08. The number of rotatable bonds is 5. The Balaban J connectivity index is 1.40. The first kappa shape index (κ1) is 16.7. The maximum atomic E-state index is 12.3. The Morgan fingerprint density at radius 1 is 1.07 bits per heavy atom. The standard InChI is InChI=1S/C20H17N5O2/c26-19-11-17(14-4-2-1-3-5-14)24-13-25(19)9-8-21-20(27)15-6-7-16-18(10-15)23-12-22-16/h1-7,10-13H,8-9H2,(H,21,27)(H,22,23). The third-order valence-corrected chi connectivity index (χ3v) is 4.27. The van der Waals surface area contributed by atoms with Gasteiger partial charge in [-0.1, -0.05) is 30.3 Å². The predicted molar refractivity (Wildman–Crippen MR) is 102 cm³/mol. The Bertz CT molecular complexity index is 1150. The Hall–Kier alpha value is -3.74. The van der Waals surface area contributed by atoms with Gasteiger partial charge in [0.15, 0.2) is 0 Å². The maximum absolute atomic E-state index is 12.3. The third-order valence-electron chi connectivity index (χ3n) is 4.27. The first-order chi connectivity index (χ1) is 13.2. The molecule has 2 aromatic carbocycles. The molecular weight excluding hydrogens is 342 g/mol. The fourth-order valence-corrected chi connectivity index (χ4v) is 2.83. The zero-order valence-corrected chi connectivity index (χ0v) is 14.4. The second-order valence-electron chi connectivity index (χ2n) is 6.06. The summed E-state index contributed by atoms with van der Waals surface area (Å²) < 4.78 is 1.48. The van der Waals surface area contributed by atoms with Crippen molar-refractivity contribution in [3.63, 3.8) is 0 Å². The van der Waals surface area contributed by atoms with Crippen molar-refractivity contribution in [3.8, 4) is 11.3 Å². The molecule has 0 aliphatic carbocycles. The number of H-pyrrole nitrogens is 1. The molecule has 0 radical (unpaired) electrons. The van der Waals surface area contributed by atoms with Crippen LogP contribution in [0, 0.1) is 0 Å². The van der Waals surface area contributed by atoms with E-state index in [9.17, 15) is 9.59 Å². The molecular formula is C20H17N5O2. The molecule has 0 saturated heterocycles. The number of fused-ring (bicyclic) bond motifs is 1. The van der Waals surface area contributed by atoms with Crippen molar-refractivity contribution in [2.75, 3.05) is 6.54 Å². The van der Waals surface area contributed by atoms with E-state index in [-0.39, 0.29) is 11.5 Å². The molecule has 0 aliphatic rings. The number of imidazole rings is 1. The highest BCUT2D eigenvalue weighted by molar-refractivity contribution is 5.97. The Labute approximate surface area is 154 Å². The minimum Gasteiger partial charge on any atom is -0.350 e. The molecule has 27 heavy (non-hydrogen) atoms.